The van der Waals surface area contributed by atoms with Gasteiger partial charge in [0.05, 0.1) is 10.6 Å². The van der Waals surface area contributed by atoms with Crippen molar-refractivity contribution >= 4 is 25.8 Å². The number of hydrogen-bond acceptors (Lipinski definition) is 2. The van der Waals surface area contributed by atoms with Crippen molar-refractivity contribution in [3.05, 3.63) is 29.8 Å². The van der Waals surface area contributed by atoms with Gasteiger partial charge in [-0.25, -0.2) is 8.42 Å². The fourth-order valence-electron chi connectivity index (χ4n) is 2.19. The first-order valence-corrected chi connectivity index (χ1v) is 8.03. The zero-order chi connectivity index (χ0) is 12.0. The predicted molar refractivity (Wildman–Crippen MR) is 68.8 cm³/mol. The highest BCUT2D eigenvalue weighted by Crippen LogP contribution is 2.45. The molecule has 0 saturated heterocycles. The molecule has 88 valence electrons. The van der Waals surface area contributed by atoms with Crippen LogP contribution >= 0.6 is 15.9 Å². The molecule has 0 saturated carbocycles. The number of fused-ring (bicyclic) bond motifs is 1. The van der Waals surface area contributed by atoms with E-state index in [2.05, 4.69) is 29.8 Å². The van der Waals surface area contributed by atoms with Crippen LogP contribution in [0.4, 0.5) is 0 Å². The molecule has 0 fully saturated rings. The van der Waals surface area contributed by atoms with E-state index in [0.29, 0.717) is 4.90 Å². The molecule has 2 nitrogen and oxygen atoms in total. The molecule has 0 aromatic heterocycles. The van der Waals surface area contributed by atoms with Crippen LogP contribution in [0.25, 0.3) is 0 Å². The van der Waals surface area contributed by atoms with E-state index < -0.39 is 9.84 Å². The lowest BCUT2D eigenvalue weighted by molar-refractivity contribution is 0.355. The van der Waals surface area contributed by atoms with Crippen molar-refractivity contribution in [2.75, 3.05) is 11.1 Å². The van der Waals surface area contributed by atoms with Crippen LogP contribution in [-0.2, 0) is 9.84 Å². The minimum Gasteiger partial charge on any atom is -0.224 e. The monoisotopic (exact) mass is 302 g/mol. The molecule has 0 N–H and O–H groups in total. The van der Waals surface area contributed by atoms with Crippen LogP contribution in [0, 0.1) is 5.41 Å². The van der Waals surface area contributed by atoms with Crippen LogP contribution in [0.2, 0.25) is 0 Å². The summed E-state index contributed by atoms with van der Waals surface area (Å²) < 4.78 is 24.0. The number of rotatable bonds is 2. The highest BCUT2D eigenvalue weighted by Gasteiger charge is 2.42. The zero-order valence-electron chi connectivity index (χ0n) is 9.40. The Balaban J connectivity index is 2.57. The van der Waals surface area contributed by atoms with E-state index in [1.807, 2.05) is 12.1 Å². The first-order chi connectivity index (χ1) is 7.38. The van der Waals surface area contributed by atoms with E-state index in [-0.39, 0.29) is 17.1 Å². The maximum atomic E-state index is 12.0. The van der Waals surface area contributed by atoms with Crippen LogP contribution < -0.4 is 0 Å². The van der Waals surface area contributed by atoms with Crippen LogP contribution in [-0.4, -0.2) is 19.5 Å². The lowest BCUT2D eigenvalue weighted by Crippen LogP contribution is -2.25. The van der Waals surface area contributed by atoms with Crippen molar-refractivity contribution in [2.45, 2.75) is 24.7 Å². The van der Waals surface area contributed by atoms with Gasteiger partial charge in [0.1, 0.15) is 0 Å². The third kappa shape index (κ3) is 1.82. The largest absolute Gasteiger partial charge is 0.224 e. The van der Waals surface area contributed by atoms with E-state index in [0.717, 1.165) is 10.9 Å². The quantitative estimate of drug-likeness (QED) is 0.787. The van der Waals surface area contributed by atoms with E-state index in [1.165, 1.54) is 0 Å². The second-order valence-electron chi connectivity index (χ2n) is 4.99. The van der Waals surface area contributed by atoms with E-state index in [1.54, 1.807) is 12.1 Å². The minimum absolute atomic E-state index is 0.0420. The van der Waals surface area contributed by atoms with Gasteiger partial charge in [0.15, 0.2) is 9.84 Å². The smallest absolute Gasteiger partial charge is 0.179 e. The maximum Gasteiger partial charge on any atom is 0.179 e. The molecule has 1 aromatic rings. The molecular formula is C12H15BrO2S. The molecule has 0 amide bonds. The summed E-state index contributed by atoms with van der Waals surface area (Å²) in [7, 11) is -3.07. The molecule has 1 aliphatic rings. The number of alkyl halides is 1. The zero-order valence-corrected chi connectivity index (χ0v) is 11.8. The molecule has 1 unspecified atom stereocenters. The minimum atomic E-state index is -3.07. The average molecular weight is 303 g/mol. The number of benzene rings is 1. The summed E-state index contributed by atoms with van der Waals surface area (Å²) >= 11 is 3.48. The van der Waals surface area contributed by atoms with Gasteiger partial charge in [0.25, 0.3) is 0 Å². The molecular weight excluding hydrogens is 288 g/mol. The van der Waals surface area contributed by atoms with Gasteiger partial charge in [-0.1, -0.05) is 48.0 Å². The number of sulfone groups is 1. The van der Waals surface area contributed by atoms with Crippen molar-refractivity contribution in [1.29, 1.82) is 0 Å². The molecule has 2 rings (SSSR count). The molecule has 0 bridgehead atoms. The molecule has 1 aromatic carbocycles. The molecule has 4 heteroatoms. The Bertz CT molecular complexity index is 506. The molecule has 0 spiro atoms. The molecule has 1 aliphatic heterocycles. The van der Waals surface area contributed by atoms with Crippen LogP contribution in [0.1, 0.15) is 25.3 Å². The summed E-state index contributed by atoms with van der Waals surface area (Å²) in [5.41, 5.74) is 0.937. The van der Waals surface area contributed by atoms with Gasteiger partial charge < -0.3 is 0 Å². The fourth-order valence-corrected chi connectivity index (χ4v) is 4.69. The Morgan fingerprint density at radius 1 is 1.38 bits per heavy atom. The Labute approximate surface area is 105 Å². The molecule has 0 radical (unpaired) electrons. The normalized spacial score (nSPS) is 23.1. The highest BCUT2D eigenvalue weighted by molar-refractivity contribution is 9.09. The average Bonchev–Trinajstić information content (AvgIpc) is 2.53. The van der Waals surface area contributed by atoms with Gasteiger partial charge in [0.2, 0.25) is 0 Å². The van der Waals surface area contributed by atoms with Gasteiger partial charge in [-0.3, -0.25) is 0 Å². The summed E-state index contributed by atoms with van der Waals surface area (Å²) in [5.74, 6) is 0.332. The van der Waals surface area contributed by atoms with Crippen LogP contribution in [0.5, 0.6) is 0 Å². The van der Waals surface area contributed by atoms with Gasteiger partial charge in [-0.15, -0.1) is 0 Å². The molecule has 16 heavy (non-hydrogen) atoms. The first-order valence-electron chi connectivity index (χ1n) is 5.26. The lowest BCUT2D eigenvalue weighted by atomic mass is 9.78. The van der Waals surface area contributed by atoms with E-state index in [9.17, 15) is 8.42 Å². The highest BCUT2D eigenvalue weighted by atomic mass is 79.9. The summed E-state index contributed by atoms with van der Waals surface area (Å²) in [6.45, 7) is 4.20. The Hall–Kier alpha value is -0.350. The standard InChI is InChI=1S/C12H15BrO2S/c1-12(2,8-13)10-7-16(14,15)11-6-4-3-5-9(10)11/h3-6,10H,7-8H2,1-2H3. The summed E-state index contributed by atoms with van der Waals surface area (Å²) in [4.78, 5) is 0.522. The third-order valence-corrected chi connectivity index (χ3v) is 6.56. The summed E-state index contributed by atoms with van der Waals surface area (Å²) in [6, 6.07) is 7.36. The molecule has 0 aliphatic carbocycles. The van der Waals surface area contributed by atoms with Gasteiger partial charge in [-0.2, -0.15) is 0 Å². The molecule has 1 atom stereocenters. The van der Waals surface area contributed by atoms with E-state index >= 15 is 0 Å². The Morgan fingerprint density at radius 2 is 2.00 bits per heavy atom. The summed E-state index contributed by atoms with van der Waals surface area (Å²) in [6.07, 6.45) is 0. The van der Waals surface area contributed by atoms with Crippen molar-refractivity contribution in [3.63, 3.8) is 0 Å². The number of hydrogen-bond donors (Lipinski definition) is 0. The predicted octanol–water partition coefficient (Wildman–Crippen LogP) is 2.98. The maximum absolute atomic E-state index is 12.0. The Kier molecular flexibility index (Phi) is 2.91. The topological polar surface area (TPSA) is 34.1 Å². The molecule has 1 heterocycles. The van der Waals surface area contributed by atoms with Crippen molar-refractivity contribution < 1.29 is 8.42 Å². The summed E-state index contributed by atoms with van der Waals surface area (Å²) in [5, 5.41) is 0.800. The van der Waals surface area contributed by atoms with Crippen LogP contribution in [0.3, 0.4) is 0 Å². The van der Waals surface area contributed by atoms with Crippen molar-refractivity contribution in [1.82, 2.24) is 0 Å². The first kappa shape index (κ1) is 12.1. The van der Waals surface area contributed by atoms with Crippen LogP contribution in [0.15, 0.2) is 29.2 Å². The second-order valence-corrected chi connectivity index (χ2v) is 7.56. The van der Waals surface area contributed by atoms with Crippen molar-refractivity contribution in [3.8, 4) is 0 Å². The van der Waals surface area contributed by atoms with Gasteiger partial charge in [-0.05, 0) is 17.0 Å². The third-order valence-electron chi connectivity index (χ3n) is 3.30. The van der Waals surface area contributed by atoms with Crippen molar-refractivity contribution in [2.24, 2.45) is 5.41 Å². The lowest BCUT2D eigenvalue weighted by Gasteiger charge is -2.29. The fraction of sp³-hybridized carbons (Fsp3) is 0.500. The second kappa shape index (κ2) is 3.84. The van der Waals surface area contributed by atoms with Gasteiger partial charge in [0, 0.05) is 11.2 Å². The van der Waals surface area contributed by atoms with E-state index in [4.69, 9.17) is 0 Å². The Morgan fingerprint density at radius 3 is 2.62 bits per heavy atom. The van der Waals surface area contributed by atoms with Gasteiger partial charge >= 0.3 is 0 Å². The number of halogens is 1. The SMILES string of the molecule is CC(C)(CBr)C1CS(=O)(=O)c2ccccc21.